The molecule has 1 aromatic heterocycles. The molecule has 9 nitrogen and oxygen atoms in total. The third kappa shape index (κ3) is 3.64. The highest BCUT2D eigenvalue weighted by atomic mass is 16.2. The number of benzene rings is 2. The van der Waals surface area contributed by atoms with E-state index in [9.17, 15) is 14.4 Å². The van der Waals surface area contributed by atoms with Crippen LogP contribution in [0.4, 0.5) is 4.79 Å². The van der Waals surface area contributed by atoms with Crippen molar-refractivity contribution in [2.24, 2.45) is 0 Å². The Hall–Kier alpha value is -3.72. The lowest BCUT2D eigenvalue weighted by molar-refractivity contribution is -0.123. The minimum atomic E-state index is -1.15. The van der Waals surface area contributed by atoms with Gasteiger partial charge in [-0.15, -0.1) is 0 Å². The second-order valence-electron chi connectivity index (χ2n) is 8.93. The minimum absolute atomic E-state index is 0.269. The molecule has 0 radical (unpaired) electrons. The van der Waals surface area contributed by atoms with Crippen molar-refractivity contribution in [1.82, 2.24) is 30.8 Å². The van der Waals surface area contributed by atoms with Gasteiger partial charge in [0.2, 0.25) is 0 Å². The van der Waals surface area contributed by atoms with Crippen LogP contribution in [-0.2, 0) is 11.3 Å². The lowest BCUT2D eigenvalue weighted by Crippen LogP contribution is -2.62. The number of urea groups is 1. The Bertz CT molecular complexity index is 1250. The summed E-state index contributed by atoms with van der Waals surface area (Å²) in [4.78, 5) is 41.6. The minimum Gasteiger partial charge on any atom is -0.345 e. The average Bonchev–Trinajstić information content (AvgIpc) is 3.45. The highest BCUT2D eigenvalue weighted by Gasteiger charge is 2.55. The Morgan fingerprint density at radius 3 is 2.64 bits per heavy atom. The van der Waals surface area contributed by atoms with Gasteiger partial charge in [0.05, 0.1) is 17.1 Å². The number of nitrogens with zero attached hydrogens (tertiary/aromatic N) is 2. The molecule has 170 valence electrons. The molecule has 0 bridgehead atoms. The number of fused-ring (bicyclic) bond motifs is 1. The number of hydrogen-bond donors (Lipinski definition) is 4. The number of nitrogens with one attached hydrogen (secondary N) is 4. The molecule has 1 spiro atoms. The molecular weight excluding hydrogens is 420 g/mol. The molecule has 2 atom stereocenters. The lowest BCUT2D eigenvalue weighted by atomic mass is 9.93. The fourth-order valence-corrected chi connectivity index (χ4v) is 4.65. The smallest absolute Gasteiger partial charge is 0.322 e. The molecule has 33 heavy (non-hydrogen) atoms. The Balaban J connectivity index is 1.33. The van der Waals surface area contributed by atoms with Crippen LogP contribution in [0.5, 0.6) is 0 Å². The monoisotopic (exact) mass is 446 g/mol. The molecule has 2 aliphatic heterocycles. The lowest BCUT2D eigenvalue weighted by Gasteiger charge is -2.27. The van der Waals surface area contributed by atoms with Crippen molar-refractivity contribution in [3.8, 4) is 0 Å². The van der Waals surface area contributed by atoms with Gasteiger partial charge in [-0.25, -0.2) is 9.78 Å². The summed E-state index contributed by atoms with van der Waals surface area (Å²) in [5.41, 5.74) is 2.45. The van der Waals surface area contributed by atoms with Crippen molar-refractivity contribution in [1.29, 1.82) is 0 Å². The normalized spacial score (nSPS) is 22.2. The summed E-state index contributed by atoms with van der Waals surface area (Å²) >= 11 is 0. The first-order valence-electron chi connectivity index (χ1n) is 11.1. The maximum absolute atomic E-state index is 12.9. The zero-order valence-corrected chi connectivity index (χ0v) is 18.5. The number of carbonyl (C=O) groups excluding carboxylic acids is 3. The van der Waals surface area contributed by atoms with Crippen LogP contribution in [0.15, 0.2) is 48.5 Å². The van der Waals surface area contributed by atoms with E-state index in [0.717, 1.165) is 22.4 Å². The van der Waals surface area contributed by atoms with Crippen molar-refractivity contribution in [3.63, 3.8) is 0 Å². The second-order valence-corrected chi connectivity index (χ2v) is 8.93. The molecule has 2 aromatic carbocycles. The van der Waals surface area contributed by atoms with Crippen molar-refractivity contribution in [2.75, 3.05) is 13.1 Å². The third-order valence-electron chi connectivity index (χ3n) is 6.38. The Morgan fingerprint density at radius 1 is 1.18 bits per heavy atom. The number of hydrogen-bond acceptors (Lipinski definition) is 5. The van der Waals surface area contributed by atoms with Gasteiger partial charge in [-0.1, -0.05) is 38.1 Å². The van der Waals surface area contributed by atoms with E-state index in [0.29, 0.717) is 18.7 Å². The highest BCUT2D eigenvalue weighted by molar-refractivity contribution is 6.08. The summed E-state index contributed by atoms with van der Waals surface area (Å²) in [6.07, 6.45) is 0. The predicted octanol–water partition coefficient (Wildman–Crippen LogP) is 1.49. The van der Waals surface area contributed by atoms with E-state index in [1.54, 1.807) is 12.1 Å². The Morgan fingerprint density at radius 2 is 1.94 bits per heavy atom. The van der Waals surface area contributed by atoms with E-state index in [1.165, 1.54) is 0 Å². The van der Waals surface area contributed by atoms with Gasteiger partial charge in [0.15, 0.2) is 5.54 Å². The first kappa shape index (κ1) is 21.1. The Labute approximate surface area is 190 Å². The first-order valence-corrected chi connectivity index (χ1v) is 11.1. The molecule has 2 aliphatic rings. The number of imide groups is 1. The molecule has 5 rings (SSSR count). The standard InChI is InChI=1S/C24H26N6O3/c1-14(2)20-26-17-5-3-4-6-18(17)30(20)12-15-7-9-16(10-8-15)21(31)27-19-11-25-13-24(19)22(32)28-23(33)29-24/h3-10,14,19,25H,11-13H2,1-2H3,(H,27,31)(H2,28,29,32,33). The van der Waals surface area contributed by atoms with Gasteiger partial charge in [0.25, 0.3) is 11.8 Å². The molecule has 9 heteroatoms. The van der Waals surface area contributed by atoms with Crippen LogP contribution in [0.1, 0.15) is 41.5 Å². The maximum Gasteiger partial charge on any atom is 0.322 e. The second kappa shape index (κ2) is 8.00. The van der Waals surface area contributed by atoms with E-state index >= 15 is 0 Å². The van der Waals surface area contributed by atoms with E-state index in [1.807, 2.05) is 30.3 Å². The maximum atomic E-state index is 12.9. The molecule has 4 amide bonds. The van der Waals surface area contributed by atoms with Gasteiger partial charge >= 0.3 is 6.03 Å². The molecular formula is C24H26N6O3. The number of aromatic nitrogens is 2. The van der Waals surface area contributed by atoms with Gasteiger partial charge in [0, 0.05) is 31.1 Å². The Kier molecular flexibility index (Phi) is 5.13. The van der Waals surface area contributed by atoms with Gasteiger partial charge in [0.1, 0.15) is 5.82 Å². The summed E-state index contributed by atoms with van der Waals surface area (Å²) in [6, 6.07) is 14.4. The number of rotatable bonds is 5. The van der Waals surface area contributed by atoms with E-state index in [4.69, 9.17) is 4.98 Å². The van der Waals surface area contributed by atoms with Crippen molar-refractivity contribution >= 4 is 28.9 Å². The zero-order chi connectivity index (χ0) is 23.2. The molecule has 4 N–H and O–H groups in total. The quantitative estimate of drug-likeness (QED) is 0.443. The average molecular weight is 447 g/mol. The van der Waals surface area contributed by atoms with Crippen LogP contribution in [0.2, 0.25) is 0 Å². The molecule has 2 unspecified atom stereocenters. The van der Waals surface area contributed by atoms with Crippen LogP contribution in [0.25, 0.3) is 11.0 Å². The summed E-state index contributed by atoms with van der Waals surface area (Å²) in [5.74, 6) is 0.586. The predicted molar refractivity (Wildman–Crippen MR) is 123 cm³/mol. The van der Waals surface area contributed by atoms with Crippen LogP contribution in [-0.4, -0.2) is 52.1 Å². The van der Waals surface area contributed by atoms with Gasteiger partial charge in [-0.3, -0.25) is 14.9 Å². The molecule has 2 saturated heterocycles. The van der Waals surface area contributed by atoms with Crippen molar-refractivity contribution in [2.45, 2.75) is 37.9 Å². The molecule has 0 aliphatic carbocycles. The SMILES string of the molecule is CC(C)c1nc2ccccc2n1Cc1ccc(C(=O)NC2CNCC23NC(=O)NC3=O)cc1. The van der Waals surface area contributed by atoms with Gasteiger partial charge < -0.3 is 20.5 Å². The largest absolute Gasteiger partial charge is 0.345 e. The van der Waals surface area contributed by atoms with Crippen molar-refractivity contribution in [3.05, 3.63) is 65.5 Å². The summed E-state index contributed by atoms with van der Waals surface area (Å²) in [6.45, 7) is 5.57. The summed E-state index contributed by atoms with van der Waals surface area (Å²) in [7, 11) is 0. The topological polar surface area (TPSA) is 117 Å². The van der Waals surface area contributed by atoms with Crippen LogP contribution < -0.4 is 21.3 Å². The molecule has 0 saturated carbocycles. The fourth-order valence-electron chi connectivity index (χ4n) is 4.65. The van der Waals surface area contributed by atoms with Crippen molar-refractivity contribution < 1.29 is 14.4 Å². The fraction of sp³-hybridized carbons (Fsp3) is 0.333. The summed E-state index contributed by atoms with van der Waals surface area (Å²) in [5, 5.41) is 10.9. The number of imidazole rings is 1. The molecule has 2 fully saturated rings. The van der Waals surface area contributed by atoms with Crippen LogP contribution in [0.3, 0.4) is 0 Å². The van der Waals surface area contributed by atoms with E-state index in [-0.39, 0.29) is 18.4 Å². The first-order chi connectivity index (χ1) is 15.9. The molecule has 3 heterocycles. The summed E-state index contributed by atoms with van der Waals surface area (Å²) < 4.78 is 2.21. The number of para-hydroxylation sites is 2. The van der Waals surface area contributed by atoms with E-state index in [2.05, 4.69) is 45.7 Å². The zero-order valence-electron chi connectivity index (χ0n) is 18.5. The highest BCUT2D eigenvalue weighted by Crippen LogP contribution is 2.24. The molecule has 3 aromatic rings. The van der Waals surface area contributed by atoms with Gasteiger partial charge in [-0.05, 0) is 29.8 Å². The van der Waals surface area contributed by atoms with Crippen LogP contribution in [0, 0.1) is 0 Å². The number of carbonyl (C=O) groups is 3. The third-order valence-corrected chi connectivity index (χ3v) is 6.38. The van der Waals surface area contributed by atoms with E-state index < -0.39 is 23.5 Å². The van der Waals surface area contributed by atoms with Gasteiger partial charge in [-0.2, -0.15) is 0 Å². The van der Waals surface area contributed by atoms with Crippen LogP contribution >= 0.6 is 0 Å². The number of amides is 4.